The first-order chi connectivity index (χ1) is 10.0. The summed E-state index contributed by atoms with van der Waals surface area (Å²) in [7, 11) is 1.35. The van der Waals surface area contributed by atoms with Crippen molar-refractivity contribution >= 4 is 11.6 Å². The third-order valence-corrected chi connectivity index (χ3v) is 3.69. The van der Waals surface area contributed by atoms with E-state index < -0.39 is 16.9 Å². The third-order valence-electron chi connectivity index (χ3n) is 3.69. The van der Waals surface area contributed by atoms with E-state index in [1.165, 1.54) is 25.3 Å². The average molecular weight is 294 g/mol. The molecule has 1 aromatic carbocycles. The number of hydrogen-bond acceptors (Lipinski definition) is 5. The van der Waals surface area contributed by atoms with Crippen molar-refractivity contribution in [3.8, 4) is 5.75 Å². The molecule has 0 bridgehead atoms. The number of carbonyl (C=O) groups is 1. The van der Waals surface area contributed by atoms with Gasteiger partial charge >= 0.3 is 0 Å². The number of carbonyl (C=O) groups excluding carboxylic acids is 1. The number of hydrogen-bond donors (Lipinski definition) is 2. The predicted molar refractivity (Wildman–Crippen MR) is 75.4 cm³/mol. The number of nitro groups is 1. The molecule has 0 spiro atoms. The summed E-state index contributed by atoms with van der Waals surface area (Å²) >= 11 is 0. The summed E-state index contributed by atoms with van der Waals surface area (Å²) in [5.41, 5.74) is -0.417. The van der Waals surface area contributed by atoms with Crippen molar-refractivity contribution in [2.75, 3.05) is 7.11 Å². The molecule has 0 heterocycles. The molecule has 2 N–H and O–H groups in total. The van der Waals surface area contributed by atoms with Crippen LogP contribution in [0.15, 0.2) is 18.2 Å². The van der Waals surface area contributed by atoms with Gasteiger partial charge < -0.3 is 15.2 Å². The van der Waals surface area contributed by atoms with E-state index in [1.54, 1.807) is 0 Å². The zero-order chi connectivity index (χ0) is 15.4. The SMILES string of the molecule is COc1cccc([N+](=O)[O-])c1C(=O)NC1CCCCC1O. The summed E-state index contributed by atoms with van der Waals surface area (Å²) in [5, 5.41) is 23.6. The van der Waals surface area contributed by atoms with Crippen LogP contribution in [-0.2, 0) is 0 Å². The van der Waals surface area contributed by atoms with Crippen molar-refractivity contribution in [2.24, 2.45) is 0 Å². The van der Waals surface area contributed by atoms with Gasteiger partial charge in [-0.2, -0.15) is 0 Å². The Balaban J connectivity index is 2.27. The molecule has 1 saturated carbocycles. The average Bonchev–Trinajstić information content (AvgIpc) is 2.48. The lowest BCUT2D eigenvalue weighted by atomic mass is 9.92. The van der Waals surface area contributed by atoms with E-state index in [0.717, 1.165) is 12.8 Å². The lowest BCUT2D eigenvalue weighted by Gasteiger charge is -2.28. The Hall–Kier alpha value is -2.15. The molecule has 0 saturated heterocycles. The van der Waals surface area contributed by atoms with E-state index in [9.17, 15) is 20.0 Å². The number of amides is 1. The molecular formula is C14H18N2O5. The molecule has 2 atom stereocenters. The Labute approximate surface area is 122 Å². The molecule has 7 heteroatoms. The summed E-state index contributed by atoms with van der Waals surface area (Å²) < 4.78 is 5.05. The molecule has 1 amide bonds. The molecule has 0 aliphatic heterocycles. The molecule has 1 aliphatic carbocycles. The van der Waals surface area contributed by atoms with Gasteiger partial charge in [0, 0.05) is 6.07 Å². The van der Waals surface area contributed by atoms with Gasteiger partial charge in [-0.1, -0.05) is 18.9 Å². The molecule has 114 valence electrons. The summed E-state index contributed by atoms with van der Waals surface area (Å²) in [5.74, 6) is -0.447. The molecular weight excluding hydrogens is 276 g/mol. The quantitative estimate of drug-likeness (QED) is 0.649. The second-order valence-electron chi connectivity index (χ2n) is 5.04. The minimum absolute atomic E-state index is 0.109. The van der Waals surface area contributed by atoms with Crippen molar-refractivity contribution in [3.63, 3.8) is 0 Å². The van der Waals surface area contributed by atoms with E-state index in [1.807, 2.05) is 0 Å². The highest BCUT2D eigenvalue weighted by atomic mass is 16.6. The van der Waals surface area contributed by atoms with E-state index >= 15 is 0 Å². The highest BCUT2D eigenvalue weighted by molar-refractivity contribution is 6.01. The van der Waals surface area contributed by atoms with Gasteiger partial charge in [-0.15, -0.1) is 0 Å². The van der Waals surface area contributed by atoms with Crippen LogP contribution in [0.4, 0.5) is 5.69 Å². The monoisotopic (exact) mass is 294 g/mol. The summed E-state index contributed by atoms with van der Waals surface area (Å²) in [6, 6.07) is 3.84. The van der Waals surface area contributed by atoms with E-state index in [4.69, 9.17) is 4.74 Å². The molecule has 0 aromatic heterocycles. The van der Waals surface area contributed by atoms with Gasteiger partial charge in [-0.3, -0.25) is 14.9 Å². The predicted octanol–water partition coefficient (Wildman–Crippen LogP) is 1.64. The lowest BCUT2D eigenvalue weighted by molar-refractivity contribution is -0.385. The summed E-state index contributed by atoms with van der Waals surface area (Å²) in [6.45, 7) is 0. The maximum Gasteiger partial charge on any atom is 0.285 e. The fourth-order valence-electron chi connectivity index (χ4n) is 2.59. The fraction of sp³-hybridized carbons (Fsp3) is 0.500. The van der Waals surface area contributed by atoms with Crippen LogP contribution in [0, 0.1) is 10.1 Å². The first kappa shape index (κ1) is 15.2. The maximum atomic E-state index is 12.4. The van der Waals surface area contributed by atoms with Crippen LogP contribution in [-0.4, -0.2) is 35.2 Å². The topological polar surface area (TPSA) is 102 Å². The van der Waals surface area contributed by atoms with Crippen LogP contribution in [0.1, 0.15) is 36.0 Å². The number of nitrogens with zero attached hydrogens (tertiary/aromatic N) is 1. The van der Waals surface area contributed by atoms with Crippen molar-refractivity contribution in [1.82, 2.24) is 5.32 Å². The molecule has 7 nitrogen and oxygen atoms in total. The van der Waals surface area contributed by atoms with Crippen LogP contribution in [0.3, 0.4) is 0 Å². The van der Waals surface area contributed by atoms with Crippen LogP contribution in [0.2, 0.25) is 0 Å². The van der Waals surface area contributed by atoms with Gasteiger partial charge in [-0.25, -0.2) is 0 Å². The van der Waals surface area contributed by atoms with Crippen LogP contribution in [0.25, 0.3) is 0 Å². The Morgan fingerprint density at radius 3 is 2.76 bits per heavy atom. The van der Waals surface area contributed by atoms with Gasteiger partial charge in [0.15, 0.2) is 5.56 Å². The van der Waals surface area contributed by atoms with Gasteiger partial charge in [0.2, 0.25) is 0 Å². The highest BCUT2D eigenvalue weighted by Gasteiger charge is 2.30. The normalized spacial score (nSPS) is 21.6. The molecule has 21 heavy (non-hydrogen) atoms. The van der Waals surface area contributed by atoms with Crippen LogP contribution in [0.5, 0.6) is 5.75 Å². The van der Waals surface area contributed by atoms with E-state index in [0.29, 0.717) is 12.8 Å². The number of nitro benzene ring substituents is 1. The molecule has 2 unspecified atom stereocenters. The Kier molecular flexibility index (Phi) is 4.74. The summed E-state index contributed by atoms with van der Waals surface area (Å²) in [4.78, 5) is 22.8. The fourth-order valence-corrected chi connectivity index (χ4v) is 2.59. The van der Waals surface area contributed by atoms with Gasteiger partial charge in [0.1, 0.15) is 5.75 Å². The van der Waals surface area contributed by atoms with Gasteiger partial charge in [0.25, 0.3) is 11.6 Å². The summed E-state index contributed by atoms with van der Waals surface area (Å²) in [6.07, 6.45) is 2.50. The van der Waals surface area contributed by atoms with Crippen molar-refractivity contribution < 1.29 is 19.6 Å². The van der Waals surface area contributed by atoms with Crippen molar-refractivity contribution in [2.45, 2.75) is 37.8 Å². The van der Waals surface area contributed by atoms with Crippen LogP contribution >= 0.6 is 0 Å². The van der Waals surface area contributed by atoms with Gasteiger partial charge in [-0.05, 0) is 18.9 Å². The minimum Gasteiger partial charge on any atom is -0.496 e. The zero-order valence-electron chi connectivity index (χ0n) is 11.7. The lowest BCUT2D eigenvalue weighted by Crippen LogP contribution is -2.45. The Morgan fingerprint density at radius 1 is 1.43 bits per heavy atom. The second-order valence-corrected chi connectivity index (χ2v) is 5.04. The number of rotatable bonds is 4. The smallest absolute Gasteiger partial charge is 0.285 e. The number of nitrogens with one attached hydrogen (secondary N) is 1. The minimum atomic E-state index is -0.616. The molecule has 1 fully saturated rings. The number of aliphatic hydroxyl groups excluding tert-OH is 1. The number of aliphatic hydroxyl groups is 1. The van der Waals surface area contributed by atoms with Crippen LogP contribution < -0.4 is 10.1 Å². The Bertz CT molecular complexity index is 546. The molecule has 0 radical (unpaired) electrons. The van der Waals surface area contributed by atoms with Crippen molar-refractivity contribution in [1.29, 1.82) is 0 Å². The first-order valence-corrected chi connectivity index (χ1v) is 6.85. The van der Waals surface area contributed by atoms with E-state index in [2.05, 4.69) is 5.32 Å². The zero-order valence-corrected chi connectivity index (χ0v) is 11.7. The standard InChI is InChI=1S/C14H18N2O5/c1-21-12-8-4-6-10(16(19)20)13(12)14(18)15-9-5-2-3-7-11(9)17/h4,6,8-9,11,17H,2-3,5,7H2,1H3,(H,15,18). The first-order valence-electron chi connectivity index (χ1n) is 6.85. The van der Waals surface area contributed by atoms with Gasteiger partial charge in [0.05, 0.1) is 24.2 Å². The van der Waals surface area contributed by atoms with Crippen molar-refractivity contribution in [3.05, 3.63) is 33.9 Å². The van der Waals surface area contributed by atoms with E-state index in [-0.39, 0.29) is 23.0 Å². The highest BCUT2D eigenvalue weighted by Crippen LogP contribution is 2.28. The molecule has 2 rings (SSSR count). The number of methoxy groups -OCH3 is 1. The number of benzene rings is 1. The maximum absolute atomic E-state index is 12.4. The number of ether oxygens (including phenoxy) is 1. The largest absolute Gasteiger partial charge is 0.496 e. The Morgan fingerprint density at radius 2 is 2.14 bits per heavy atom. The second kappa shape index (κ2) is 6.53. The molecule has 1 aromatic rings. The molecule has 1 aliphatic rings. The third kappa shape index (κ3) is 3.30.